The minimum absolute atomic E-state index is 0.178. The van der Waals surface area contributed by atoms with Crippen molar-refractivity contribution in [2.24, 2.45) is 5.92 Å². The number of ketones is 1. The van der Waals surface area contributed by atoms with Gasteiger partial charge in [0.15, 0.2) is 5.78 Å². The van der Waals surface area contributed by atoms with Crippen LogP contribution in [-0.4, -0.2) is 5.78 Å². The zero-order chi connectivity index (χ0) is 13.9. The molecular weight excluding hydrogens is 248 g/mol. The number of hydrogen-bond donors (Lipinski definition) is 0. The van der Waals surface area contributed by atoms with Crippen molar-refractivity contribution in [3.8, 4) is 0 Å². The molecule has 0 bridgehead atoms. The standard InChI is InChI=1S/C18H18O2/c1-13-8-17(19)11-18(9-13)20-12-14-6-7-15-4-2-3-5-16(15)10-14/h2-7,10-11,13H,8-9,12H2,1H3. The Balaban J connectivity index is 1.72. The topological polar surface area (TPSA) is 26.3 Å². The number of allylic oxidation sites excluding steroid dienone is 2. The Morgan fingerprint density at radius 1 is 1.10 bits per heavy atom. The predicted octanol–water partition coefficient (Wildman–Crippen LogP) is 4.24. The first-order chi connectivity index (χ1) is 9.70. The molecule has 0 N–H and O–H groups in total. The van der Waals surface area contributed by atoms with Gasteiger partial charge in [-0.05, 0) is 28.3 Å². The van der Waals surface area contributed by atoms with E-state index in [1.165, 1.54) is 10.8 Å². The molecule has 0 saturated heterocycles. The molecule has 0 aromatic heterocycles. The molecule has 0 heterocycles. The second-order valence-electron chi connectivity index (χ2n) is 5.56. The maximum absolute atomic E-state index is 11.5. The van der Waals surface area contributed by atoms with Gasteiger partial charge in [-0.15, -0.1) is 0 Å². The smallest absolute Gasteiger partial charge is 0.159 e. The Hall–Kier alpha value is -2.09. The van der Waals surface area contributed by atoms with Crippen molar-refractivity contribution < 1.29 is 9.53 Å². The van der Waals surface area contributed by atoms with Gasteiger partial charge in [0.1, 0.15) is 12.4 Å². The molecule has 0 saturated carbocycles. The van der Waals surface area contributed by atoms with Crippen LogP contribution in [0.1, 0.15) is 25.3 Å². The minimum atomic E-state index is 0.178. The van der Waals surface area contributed by atoms with E-state index < -0.39 is 0 Å². The summed E-state index contributed by atoms with van der Waals surface area (Å²) in [5.41, 5.74) is 1.13. The minimum Gasteiger partial charge on any atom is -0.493 e. The van der Waals surface area contributed by atoms with Crippen LogP contribution in [0.4, 0.5) is 0 Å². The second-order valence-corrected chi connectivity index (χ2v) is 5.56. The van der Waals surface area contributed by atoms with Gasteiger partial charge in [-0.25, -0.2) is 0 Å². The number of fused-ring (bicyclic) bond motifs is 1. The van der Waals surface area contributed by atoms with Gasteiger partial charge in [0.25, 0.3) is 0 Å². The summed E-state index contributed by atoms with van der Waals surface area (Å²) in [4.78, 5) is 11.5. The quantitative estimate of drug-likeness (QED) is 0.830. The van der Waals surface area contributed by atoms with Gasteiger partial charge in [-0.3, -0.25) is 4.79 Å². The lowest BCUT2D eigenvalue weighted by Crippen LogP contribution is -2.12. The van der Waals surface area contributed by atoms with Crippen LogP contribution in [-0.2, 0) is 16.1 Å². The number of hydrogen-bond acceptors (Lipinski definition) is 2. The molecule has 1 unspecified atom stereocenters. The number of benzene rings is 2. The van der Waals surface area contributed by atoms with Crippen molar-refractivity contribution >= 4 is 16.6 Å². The van der Waals surface area contributed by atoms with E-state index in [-0.39, 0.29) is 5.78 Å². The third-order valence-electron chi connectivity index (χ3n) is 3.66. The second kappa shape index (κ2) is 5.49. The summed E-state index contributed by atoms with van der Waals surface area (Å²) in [6.45, 7) is 2.61. The zero-order valence-corrected chi connectivity index (χ0v) is 11.6. The summed E-state index contributed by atoms with van der Waals surface area (Å²) in [5.74, 6) is 1.39. The highest BCUT2D eigenvalue weighted by atomic mass is 16.5. The summed E-state index contributed by atoms with van der Waals surface area (Å²) in [5, 5.41) is 2.45. The molecule has 2 heteroatoms. The number of carbonyl (C=O) groups excluding carboxylic acids is 1. The highest BCUT2D eigenvalue weighted by Crippen LogP contribution is 2.24. The summed E-state index contributed by atoms with van der Waals surface area (Å²) in [6.07, 6.45) is 3.16. The van der Waals surface area contributed by atoms with Crippen molar-refractivity contribution in [3.05, 3.63) is 59.9 Å². The van der Waals surface area contributed by atoms with Crippen LogP contribution < -0.4 is 0 Å². The fourth-order valence-electron chi connectivity index (χ4n) is 2.66. The average Bonchev–Trinajstić information content (AvgIpc) is 2.44. The Bertz CT molecular complexity index is 670. The first kappa shape index (κ1) is 12.9. The fraction of sp³-hybridized carbons (Fsp3) is 0.278. The van der Waals surface area contributed by atoms with Crippen molar-refractivity contribution in [1.29, 1.82) is 0 Å². The van der Waals surface area contributed by atoms with Crippen LogP contribution in [0.15, 0.2) is 54.3 Å². The molecule has 0 aliphatic heterocycles. The molecule has 2 aromatic rings. The number of carbonyl (C=O) groups is 1. The molecule has 1 atom stereocenters. The third kappa shape index (κ3) is 2.90. The molecule has 1 aliphatic rings. The highest BCUT2D eigenvalue weighted by molar-refractivity contribution is 5.91. The zero-order valence-electron chi connectivity index (χ0n) is 11.6. The Morgan fingerprint density at radius 2 is 1.90 bits per heavy atom. The maximum atomic E-state index is 11.5. The molecule has 20 heavy (non-hydrogen) atoms. The normalized spacial score (nSPS) is 18.9. The molecule has 102 valence electrons. The number of rotatable bonds is 3. The lowest BCUT2D eigenvalue weighted by Gasteiger charge is -2.19. The fourth-order valence-corrected chi connectivity index (χ4v) is 2.66. The van der Waals surface area contributed by atoms with Gasteiger partial charge in [-0.2, -0.15) is 0 Å². The van der Waals surface area contributed by atoms with Crippen LogP contribution in [0.3, 0.4) is 0 Å². The molecular formula is C18H18O2. The molecule has 2 nitrogen and oxygen atoms in total. The highest BCUT2D eigenvalue weighted by Gasteiger charge is 2.17. The van der Waals surface area contributed by atoms with Crippen molar-refractivity contribution in [2.45, 2.75) is 26.4 Å². The van der Waals surface area contributed by atoms with Gasteiger partial charge in [0.2, 0.25) is 0 Å². The number of ether oxygens (including phenoxy) is 1. The van der Waals surface area contributed by atoms with E-state index >= 15 is 0 Å². The summed E-state index contributed by atoms with van der Waals surface area (Å²) in [6, 6.07) is 14.6. The summed E-state index contributed by atoms with van der Waals surface area (Å²) in [7, 11) is 0. The lowest BCUT2D eigenvalue weighted by atomic mass is 9.94. The van der Waals surface area contributed by atoms with E-state index in [0.29, 0.717) is 18.9 Å². The van der Waals surface area contributed by atoms with Crippen LogP contribution in [0, 0.1) is 5.92 Å². The van der Waals surface area contributed by atoms with Crippen LogP contribution >= 0.6 is 0 Å². The summed E-state index contributed by atoms with van der Waals surface area (Å²) < 4.78 is 5.80. The van der Waals surface area contributed by atoms with E-state index in [0.717, 1.165) is 17.7 Å². The van der Waals surface area contributed by atoms with Crippen LogP contribution in [0.2, 0.25) is 0 Å². The Labute approximate surface area is 119 Å². The first-order valence-electron chi connectivity index (χ1n) is 7.04. The van der Waals surface area contributed by atoms with E-state index in [1.807, 2.05) is 12.1 Å². The van der Waals surface area contributed by atoms with Crippen molar-refractivity contribution in [1.82, 2.24) is 0 Å². The van der Waals surface area contributed by atoms with Gasteiger partial charge < -0.3 is 4.74 Å². The molecule has 0 amide bonds. The van der Waals surface area contributed by atoms with Gasteiger partial charge in [0.05, 0.1) is 0 Å². The van der Waals surface area contributed by atoms with E-state index in [9.17, 15) is 4.79 Å². The largest absolute Gasteiger partial charge is 0.493 e. The Kier molecular flexibility index (Phi) is 3.55. The van der Waals surface area contributed by atoms with Crippen LogP contribution in [0.5, 0.6) is 0 Å². The molecule has 0 spiro atoms. The van der Waals surface area contributed by atoms with E-state index in [4.69, 9.17) is 4.74 Å². The molecule has 3 rings (SSSR count). The Morgan fingerprint density at radius 3 is 2.70 bits per heavy atom. The van der Waals surface area contributed by atoms with Gasteiger partial charge >= 0.3 is 0 Å². The van der Waals surface area contributed by atoms with E-state index in [2.05, 4.69) is 37.3 Å². The van der Waals surface area contributed by atoms with Gasteiger partial charge in [-0.1, -0.05) is 43.3 Å². The molecule has 1 aliphatic carbocycles. The van der Waals surface area contributed by atoms with Gasteiger partial charge in [0, 0.05) is 18.9 Å². The average molecular weight is 266 g/mol. The van der Waals surface area contributed by atoms with Crippen LogP contribution in [0.25, 0.3) is 10.8 Å². The molecule has 0 fully saturated rings. The first-order valence-corrected chi connectivity index (χ1v) is 7.04. The molecule has 0 radical (unpaired) electrons. The molecule has 2 aromatic carbocycles. The lowest BCUT2D eigenvalue weighted by molar-refractivity contribution is -0.116. The third-order valence-corrected chi connectivity index (χ3v) is 3.66. The maximum Gasteiger partial charge on any atom is 0.159 e. The van der Waals surface area contributed by atoms with E-state index in [1.54, 1.807) is 6.08 Å². The summed E-state index contributed by atoms with van der Waals surface area (Å²) >= 11 is 0. The van der Waals surface area contributed by atoms with Crippen molar-refractivity contribution in [2.75, 3.05) is 0 Å². The van der Waals surface area contributed by atoms with Crippen molar-refractivity contribution in [3.63, 3.8) is 0 Å². The monoisotopic (exact) mass is 266 g/mol. The predicted molar refractivity (Wildman–Crippen MR) is 80.2 cm³/mol. The SMILES string of the molecule is CC1CC(=O)C=C(OCc2ccc3ccccc3c2)C1.